The van der Waals surface area contributed by atoms with Gasteiger partial charge in [-0.2, -0.15) is 0 Å². The van der Waals surface area contributed by atoms with Crippen LogP contribution in [0.3, 0.4) is 0 Å². The highest BCUT2D eigenvalue weighted by Crippen LogP contribution is 2.27. The second kappa shape index (κ2) is 5.30. The number of carbonyl (C=O) groups excluding carboxylic acids is 1. The first-order chi connectivity index (χ1) is 6.96. The van der Waals surface area contributed by atoms with E-state index in [0.29, 0.717) is 11.4 Å². The van der Waals surface area contributed by atoms with Crippen molar-refractivity contribution in [3.63, 3.8) is 0 Å². The first-order valence-corrected chi connectivity index (χ1v) is 6.41. The number of alkyl halides is 1. The van der Waals surface area contributed by atoms with Crippen LogP contribution in [0, 0.1) is 0 Å². The van der Waals surface area contributed by atoms with Crippen LogP contribution in [0.1, 0.15) is 33.1 Å². The molecule has 0 N–H and O–H groups in total. The second-order valence-corrected chi connectivity index (χ2v) is 6.04. The topological polar surface area (TPSA) is 29.5 Å². The summed E-state index contributed by atoms with van der Waals surface area (Å²) in [6.07, 6.45) is 2.81. The number of hydrogen-bond acceptors (Lipinski definition) is 2. The standard InChI is InChI=1S/C11H20BrNO2/c1-9(12)5-7-13(3)10(14)11(2)6-4-8-15-11/h9H,4-8H2,1-3H3. The molecule has 4 heteroatoms. The maximum absolute atomic E-state index is 12.1. The Kier molecular flexibility index (Phi) is 4.59. The molecule has 0 bridgehead atoms. The Morgan fingerprint density at radius 2 is 2.33 bits per heavy atom. The van der Waals surface area contributed by atoms with Crippen molar-refractivity contribution in [3.8, 4) is 0 Å². The van der Waals surface area contributed by atoms with E-state index >= 15 is 0 Å². The molecule has 1 fully saturated rings. The molecule has 1 heterocycles. The summed E-state index contributed by atoms with van der Waals surface area (Å²) < 4.78 is 5.53. The van der Waals surface area contributed by atoms with Crippen LogP contribution in [0.5, 0.6) is 0 Å². The zero-order valence-electron chi connectivity index (χ0n) is 9.75. The number of rotatable bonds is 4. The predicted molar refractivity (Wildman–Crippen MR) is 64.2 cm³/mol. The first kappa shape index (κ1) is 13.0. The van der Waals surface area contributed by atoms with E-state index in [0.717, 1.165) is 25.8 Å². The maximum Gasteiger partial charge on any atom is 0.254 e. The molecule has 0 aliphatic carbocycles. The summed E-state index contributed by atoms with van der Waals surface area (Å²) in [6.45, 7) is 5.48. The van der Waals surface area contributed by atoms with Gasteiger partial charge in [0.15, 0.2) is 0 Å². The Hall–Kier alpha value is -0.0900. The lowest BCUT2D eigenvalue weighted by atomic mass is 10.0. The largest absolute Gasteiger partial charge is 0.365 e. The quantitative estimate of drug-likeness (QED) is 0.738. The van der Waals surface area contributed by atoms with Gasteiger partial charge in [0, 0.05) is 25.0 Å². The van der Waals surface area contributed by atoms with E-state index in [1.165, 1.54) is 0 Å². The van der Waals surface area contributed by atoms with Crippen LogP contribution in [-0.4, -0.2) is 41.4 Å². The zero-order chi connectivity index (χ0) is 11.5. The van der Waals surface area contributed by atoms with E-state index in [1.54, 1.807) is 4.90 Å². The molecule has 88 valence electrons. The Morgan fingerprint density at radius 3 is 2.80 bits per heavy atom. The molecule has 1 saturated heterocycles. The molecule has 1 aliphatic heterocycles. The normalized spacial score (nSPS) is 27.7. The Morgan fingerprint density at radius 1 is 1.67 bits per heavy atom. The average Bonchev–Trinajstić information content (AvgIpc) is 2.61. The first-order valence-electron chi connectivity index (χ1n) is 5.49. The Balaban J connectivity index is 2.44. The van der Waals surface area contributed by atoms with Gasteiger partial charge in [-0.3, -0.25) is 4.79 Å². The van der Waals surface area contributed by atoms with Crippen LogP contribution in [0.15, 0.2) is 0 Å². The van der Waals surface area contributed by atoms with Crippen LogP contribution in [0.4, 0.5) is 0 Å². The van der Waals surface area contributed by atoms with E-state index < -0.39 is 5.60 Å². The monoisotopic (exact) mass is 277 g/mol. The predicted octanol–water partition coefficient (Wildman–Crippen LogP) is 2.19. The summed E-state index contributed by atoms with van der Waals surface area (Å²) in [6, 6.07) is 0. The van der Waals surface area contributed by atoms with Gasteiger partial charge >= 0.3 is 0 Å². The summed E-state index contributed by atoms with van der Waals surface area (Å²) in [5, 5.41) is 0. The van der Waals surface area contributed by atoms with Crippen molar-refractivity contribution < 1.29 is 9.53 Å². The summed E-state index contributed by atoms with van der Waals surface area (Å²) in [5.74, 6) is 0.119. The molecule has 0 saturated carbocycles. The van der Waals surface area contributed by atoms with Gasteiger partial charge in [-0.15, -0.1) is 0 Å². The molecule has 2 unspecified atom stereocenters. The lowest BCUT2D eigenvalue weighted by molar-refractivity contribution is -0.149. The Labute approximate surface area is 100 Å². The fourth-order valence-corrected chi connectivity index (χ4v) is 2.03. The SMILES string of the molecule is CC(Br)CCN(C)C(=O)C1(C)CCCO1. The van der Waals surface area contributed by atoms with E-state index in [9.17, 15) is 4.79 Å². The molecule has 3 nitrogen and oxygen atoms in total. The number of amides is 1. The minimum Gasteiger partial charge on any atom is -0.365 e. The molecule has 0 radical (unpaired) electrons. The zero-order valence-corrected chi connectivity index (χ0v) is 11.3. The number of halogens is 1. The Bertz CT molecular complexity index is 225. The van der Waals surface area contributed by atoms with Crippen molar-refractivity contribution in [1.82, 2.24) is 4.90 Å². The van der Waals surface area contributed by atoms with Crippen LogP contribution in [-0.2, 0) is 9.53 Å². The molecule has 0 aromatic carbocycles. The third-order valence-corrected chi connectivity index (χ3v) is 3.34. The van der Waals surface area contributed by atoms with Crippen LogP contribution < -0.4 is 0 Å². The summed E-state index contributed by atoms with van der Waals surface area (Å²) in [4.78, 5) is 14.3. The van der Waals surface area contributed by atoms with E-state index in [2.05, 4.69) is 22.9 Å². The van der Waals surface area contributed by atoms with Gasteiger partial charge in [-0.25, -0.2) is 0 Å². The molecular formula is C11H20BrNO2. The average molecular weight is 278 g/mol. The smallest absolute Gasteiger partial charge is 0.254 e. The molecule has 1 amide bonds. The highest BCUT2D eigenvalue weighted by Gasteiger charge is 2.39. The minimum absolute atomic E-state index is 0.119. The van der Waals surface area contributed by atoms with E-state index in [4.69, 9.17) is 4.74 Å². The van der Waals surface area contributed by atoms with Gasteiger partial charge in [-0.05, 0) is 26.2 Å². The van der Waals surface area contributed by atoms with Gasteiger partial charge in [0.25, 0.3) is 5.91 Å². The molecular weight excluding hydrogens is 258 g/mol. The molecule has 0 aromatic heterocycles. The van der Waals surface area contributed by atoms with Crippen molar-refractivity contribution in [1.29, 1.82) is 0 Å². The van der Waals surface area contributed by atoms with Crippen molar-refractivity contribution in [3.05, 3.63) is 0 Å². The molecule has 1 aliphatic rings. The number of nitrogens with zero attached hydrogens (tertiary/aromatic N) is 1. The number of ether oxygens (including phenoxy) is 1. The van der Waals surface area contributed by atoms with Crippen LogP contribution in [0.25, 0.3) is 0 Å². The second-order valence-electron chi connectivity index (χ2n) is 4.48. The third kappa shape index (κ3) is 3.45. The van der Waals surface area contributed by atoms with Gasteiger partial charge in [0.1, 0.15) is 5.60 Å². The highest BCUT2D eigenvalue weighted by molar-refractivity contribution is 9.09. The lowest BCUT2D eigenvalue weighted by Gasteiger charge is -2.28. The third-order valence-electron chi connectivity index (χ3n) is 2.88. The van der Waals surface area contributed by atoms with Gasteiger partial charge in [-0.1, -0.05) is 22.9 Å². The van der Waals surface area contributed by atoms with E-state index in [-0.39, 0.29) is 5.91 Å². The van der Waals surface area contributed by atoms with Gasteiger partial charge in [0.05, 0.1) is 0 Å². The van der Waals surface area contributed by atoms with Crippen molar-refractivity contribution in [2.75, 3.05) is 20.2 Å². The summed E-state index contributed by atoms with van der Waals surface area (Å²) in [5.41, 5.74) is -0.565. The fourth-order valence-electron chi connectivity index (χ4n) is 1.82. The van der Waals surface area contributed by atoms with Gasteiger partial charge < -0.3 is 9.64 Å². The number of likely N-dealkylation sites (N-methyl/N-ethyl adjacent to an activating group) is 1. The minimum atomic E-state index is -0.565. The van der Waals surface area contributed by atoms with Crippen LogP contribution in [0.2, 0.25) is 0 Å². The van der Waals surface area contributed by atoms with E-state index in [1.807, 2.05) is 14.0 Å². The van der Waals surface area contributed by atoms with Crippen molar-refractivity contribution >= 4 is 21.8 Å². The molecule has 1 rings (SSSR count). The van der Waals surface area contributed by atoms with Crippen molar-refractivity contribution in [2.45, 2.75) is 43.5 Å². The number of hydrogen-bond donors (Lipinski definition) is 0. The fraction of sp³-hybridized carbons (Fsp3) is 0.909. The lowest BCUT2D eigenvalue weighted by Crippen LogP contribution is -2.45. The van der Waals surface area contributed by atoms with Gasteiger partial charge in [0.2, 0.25) is 0 Å². The number of carbonyl (C=O) groups is 1. The molecule has 0 spiro atoms. The summed E-state index contributed by atoms with van der Waals surface area (Å²) in [7, 11) is 1.85. The van der Waals surface area contributed by atoms with Crippen LogP contribution >= 0.6 is 15.9 Å². The highest BCUT2D eigenvalue weighted by atomic mass is 79.9. The maximum atomic E-state index is 12.1. The van der Waals surface area contributed by atoms with Crippen molar-refractivity contribution in [2.24, 2.45) is 0 Å². The molecule has 2 atom stereocenters. The summed E-state index contributed by atoms with van der Waals surface area (Å²) >= 11 is 3.48. The molecule has 0 aromatic rings. The molecule has 15 heavy (non-hydrogen) atoms.